The van der Waals surface area contributed by atoms with Crippen molar-refractivity contribution in [3.05, 3.63) is 36.4 Å². The van der Waals surface area contributed by atoms with Crippen molar-refractivity contribution in [2.24, 2.45) is 0 Å². The molecule has 0 unspecified atom stereocenters. The van der Waals surface area contributed by atoms with Crippen LogP contribution in [0.1, 0.15) is 0 Å². The highest BCUT2D eigenvalue weighted by molar-refractivity contribution is 6.88. The Hall–Kier alpha value is -1.11. The van der Waals surface area contributed by atoms with E-state index < -0.39 is 17.6 Å². The van der Waals surface area contributed by atoms with Crippen LogP contribution in [0.15, 0.2) is 36.4 Å². The van der Waals surface area contributed by atoms with Crippen LogP contribution in [0.3, 0.4) is 0 Å². The van der Waals surface area contributed by atoms with Crippen molar-refractivity contribution in [2.45, 2.75) is 0 Å². The predicted molar refractivity (Wildman–Crippen MR) is 96.8 cm³/mol. The first-order valence-corrected chi connectivity index (χ1v) is 10.9. The second kappa shape index (κ2) is 7.85. The minimum absolute atomic E-state index is 0.783. The Bertz CT molecular complexity index is 669. The Morgan fingerprint density at radius 3 is 1.58 bits per heavy atom. The molecule has 6 nitrogen and oxygen atoms in total. The minimum atomic E-state index is -3.17. The van der Waals surface area contributed by atoms with Crippen molar-refractivity contribution in [2.75, 3.05) is 42.7 Å². The van der Waals surface area contributed by atoms with E-state index in [-0.39, 0.29) is 0 Å². The van der Waals surface area contributed by atoms with Gasteiger partial charge in [-0.1, -0.05) is 36.4 Å². The predicted octanol–water partition coefficient (Wildman–Crippen LogP) is 1.01. The lowest BCUT2D eigenvalue weighted by Gasteiger charge is -2.32. The molecule has 8 heteroatoms. The lowest BCUT2D eigenvalue weighted by Crippen LogP contribution is -2.68. The largest absolute Gasteiger partial charge is 0.537 e. The van der Waals surface area contributed by atoms with E-state index >= 15 is 0 Å². The number of fused-ring (bicyclic) bond motifs is 1. The molecule has 24 heavy (non-hydrogen) atoms. The summed E-state index contributed by atoms with van der Waals surface area (Å²) in [7, 11) is 3.20. The fourth-order valence-electron chi connectivity index (χ4n) is 2.99. The Kier molecular flexibility index (Phi) is 6.29. The third kappa shape index (κ3) is 2.96. The normalized spacial score (nSPS) is 12.8. The summed E-state index contributed by atoms with van der Waals surface area (Å²) in [4.78, 5) is 0. The molecular formula is C16H24O6Si2. The van der Waals surface area contributed by atoms with Crippen LogP contribution in [-0.2, 0) is 26.6 Å². The van der Waals surface area contributed by atoms with Crippen molar-refractivity contribution in [3.63, 3.8) is 0 Å². The summed E-state index contributed by atoms with van der Waals surface area (Å²) in [6, 6.07) is 11.9. The van der Waals surface area contributed by atoms with Gasteiger partial charge in [-0.3, -0.25) is 0 Å². The molecule has 0 N–H and O–H groups in total. The third-order valence-corrected chi connectivity index (χ3v) is 9.88. The summed E-state index contributed by atoms with van der Waals surface area (Å²) in [6.07, 6.45) is 0. The van der Waals surface area contributed by atoms with E-state index in [4.69, 9.17) is 26.6 Å². The van der Waals surface area contributed by atoms with Gasteiger partial charge in [0.2, 0.25) is 0 Å². The van der Waals surface area contributed by atoms with Crippen molar-refractivity contribution >= 4 is 38.8 Å². The second-order valence-corrected chi connectivity index (χ2v) is 10.8. The van der Waals surface area contributed by atoms with Crippen molar-refractivity contribution in [1.82, 2.24) is 0 Å². The van der Waals surface area contributed by atoms with Gasteiger partial charge in [0.25, 0.3) is 0 Å². The molecule has 0 aliphatic rings. The number of hydrogen-bond donors (Lipinski definition) is 0. The van der Waals surface area contributed by atoms with Crippen LogP contribution in [0.4, 0.5) is 0 Å². The smallest absolute Gasteiger partial charge is 0.373 e. The van der Waals surface area contributed by atoms with Crippen LogP contribution in [0.2, 0.25) is 0 Å². The molecule has 2 aromatic carbocycles. The average Bonchev–Trinajstić information content (AvgIpc) is 2.66. The van der Waals surface area contributed by atoms with E-state index in [0.29, 0.717) is 0 Å². The molecule has 0 spiro atoms. The SMILES string of the molecule is CO[Si](OC)(OC)c1ccc2ccccc2c1[Si](OC)(OC)OC. The van der Waals surface area contributed by atoms with Crippen LogP contribution in [-0.4, -0.2) is 60.3 Å². The Balaban J connectivity index is 2.93. The topological polar surface area (TPSA) is 55.4 Å². The molecule has 0 amide bonds. The lowest BCUT2D eigenvalue weighted by molar-refractivity contribution is 0.135. The summed E-state index contributed by atoms with van der Waals surface area (Å²) in [5, 5.41) is 3.61. The zero-order valence-corrected chi connectivity index (χ0v) is 16.9. The zero-order valence-electron chi connectivity index (χ0n) is 14.9. The first-order valence-electron chi connectivity index (χ1n) is 7.41. The van der Waals surface area contributed by atoms with E-state index in [9.17, 15) is 0 Å². The van der Waals surface area contributed by atoms with Gasteiger partial charge in [-0.05, 0) is 10.8 Å². The molecule has 0 saturated heterocycles. The monoisotopic (exact) mass is 368 g/mol. The second-order valence-electron chi connectivity index (χ2n) is 5.05. The standard InChI is InChI=1S/C16H24O6Si2/c1-17-23(18-2,19-3)15-12-11-13-9-7-8-10-14(13)16(15)24(20-4,21-5)22-6/h7-12H,1-6H3. The van der Waals surface area contributed by atoms with Gasteiger partial charge in [-0.2, -0.15) is 0 Å². The molecular weight excluding hydrogens is 344 g/mol. The molecule has 0 bridgehead atoms. The van der Waals surface area contributed by atoms with Crippen LogP contribution < -0.4 is 10.4 Å². The van der Waals surface area contributed by atoms with E-state index in [2.05, 4.69) is 0 Å². The van der Waals surface area contributed by atoms with Gasteiger partial charge in [0.1, 0.15) is 0 Å². The van der Waals surface area contributed by atoms with Crippen LogP contribution in [0.25, 0.3) is 10.8 Å². The van der Waals surface area contributed by atoms with Gasteiger partial charge in [0, 0.05) is 53.0 Å². The van der Waals surface area contributed by atoms with Crippen molar-refractivity contribution in [1.29, 1.82) is 0 Å². The van der Waals surface area contributed by atoms with Gasteiger partial charge in [-0.15, -0.1) is 0 Å². The lowest BCUT2D eigenvalue weighted by atomic mass is 10.1. The van der Waals surface area contributed by atoms with Gasteiger partial charge >= 0.3 is 17.6 Å². The van der Waals surface area contributed by atoms with E-state index in [1.807, 2.05) is 36.4 Å². The molecule has 0 fully saturated rings. The minimum Gasteiger partial charge on any atom is -0.373 e. The summed E-state index contributed by atoms with van der Waals surface area (Å²) in [5.41, 5.74) is 0. The molecule has 0 aromatic heterocycles. The van der Waals surface area contributed by atoms with Gasteiger partial charge in [-0.25, -0.2) is 0 Å². The molecule has 0 aliphatic carbocycles. The highest BCUT2D eigenvalue weighted by Crippen LogP contribution is 2.19. The first-order chi connectivity index (χ1) is 11.6. The Morgan fingerprint density at radius 1 is 0.583 bits per heavy atom. The molecule has 2 aromatic rings. The number of rotatable bonds is 8. The maximum atomic E-state index is 5.75. The first kappa shape index (κ1) is 19.2. The molecule has 0 atom stereocenters. The zero-order chi connectivity index (χ0) is 17.8. The number of benzene rings is 2. The summed E-state index contributed by atoms with van der Waals surface area (Å²) >= 11 is 0. The Morgan fingerprint density at radius 2 is 1.08 bits per heavy atom. The average molecular weight is 369 g/mol. The third-order valence-electron chi connectivity index (χ3n) is 4.18. The molecule has 2 rings (SSSR count). The molecule has 0 saturated carbocycles. The van der Waals surface area contributed by atoms with Crippen molar-refractivity contribution in [3.8, 4) is 0 Å². The van der Waals surface area contributed by atoms with Gasteiger partial charge in [0.05, 0.1) is 0 Å². The molecule has 0 aliphatic heterocycles. The highest BCUT2D eigenvalue weighted by Gasteiger charge is 2.52. The summed E-state index contributed by atoms with van der Waals surface area (Å²) < 4.78 is 34.3. The fourth-order valence-corrected chi connectivity index (χ4v) is 7.88. The molecule has 0 heterocycles. The molecule has 0 radical (unpaired) electrons. The van der Waals surface area contributed by atoms with Crippen LogP contribution >= 0.6 is 0 Å². The fraction of sp³-hybridized carbons (Fsp3) is 0.375. The highest BCUT2D eigenvalue weighted by atomic mass is 28.4. The maximum Gasteiger partial charge on any atom is 0.537 e. The van der Waals surface area contributed by atoms with Gasteiger partial charge in [0.15, 0.2) is 0 Å². The van der Waals surface area contributed by atoms with Crippen LogP contribution in [0.5, 0.6) is 0 Å². The van der Waals surface area contributed by atoms with Gasteiger partial charge < -0.3 is 26.6 Å². The van der Waals surface area contributed by atoms with E-state index in [0.717, 1.165) is 21.1 Å². The van der Waals surface area contributed by atoms with Crippen LogP contribution in [0, 0.1) is 0 Å². The van der Waals surface area contributed by atoms with E-state index in [1.165, 1.54) is 0 Å². The maximum absolute atomic E-state index is 5.75. The molecule has 132 valence electrons. The summed E-state index contributed by atoms with van der Waals surface area (Å²) in [6.45, 7) is 0. The van der Waals surface area contributed by atoms with Crippen molar-refractivity contribution < 1.29 is 26.6 Å². The van der Waals surface area contributed by atoms with E-state index in [1.54, 1.807) is 42.7 Å². The quantitative estimate of drug-likeness (QED) is 0.648. The summed E-state index contributed by atoms with van der Waals surface area (Å²) in [5.74, 6) is 0. The number of hydrogen-bond acceptors (Lipinski definition) is 6. The Labute approximate surface area is 144 Å².